The molecule has 1 fully saturated rings. The number of carbonyl (C=O) groups excluding carboxylic acids is 1. The first kappa shape index (κ1) is 16.3. The Balaban J connectivity index is 1.36. The maximum Gasteiger partial charge on any atom is 0.257 e. The number of ether oxygens (including phenoxy) is 2. The number of nitrogens with zero attached hydrogens (tertiary/aromatic N) is 5. The highest BCUT2D eigenvalue weighted by Gasteiger charge is 2.10. The molecule has 0 bridgehead atoms. The van der Waals surface area contributed by atoms with E-state index >= 15 is 0 Å². The van der Waals surface area contributed by atoms with Gasteiger partial charge in [0.15, 0.2) is 6.61 Å². The Bertz CT molecular complexity index is 625. The fourth-order valence-electron chi connectivity index (χ4n) is 2.35. The minimum Gasteiger partial charge on any atom is -0.484 e. The molecule has 2 heterocycles. The van der Waals surface area contributed by atoms with E-state index in [-0.39, 0.29) is 12.5 Å². The molecule has 128 valence electrons. The number of benzene rings is 1. The average Bonchev–Trinajstić information content (AvgIpc) is 3.16. The van der Waals surface area contributed by atoms with Gasteiger partial charge in [-0.1, -0.05) is 0 Å². The lowest BCUT2D eigenvalue weighted by Gasteiger charge is -2.26. The van der Waals surface area contributed by atoms with Gasteiger partial charge in [-0.05, 0) is 34.7 Å². The van der Waals surface area contributed by atoms with Gasteiger partial charge in [-0.15, -0.1) is 5.10 Å². The van der Waals surface area contributed by atoms with E-state index in [4.69, 9.17) is 9.47 Å². The van der Waals surface area contributed by atoms with Gasteiger partial charge in [0, 0.05) is 26.2 Å². The summed E-state index contributed by atoms with van der Waals surface area (Å²) in [7, 11) is 0. The van der Waals surface area contributed by atoms with Crippen LogP contribution in [0.3, 0.4) is 0 Å². The molecule has 1 N–H and O–H groups in total. The summed E-state index contributed by atoms with van der Waals surface area (Å²) in [5.74, 6) is 0.489. The van der Waals surface area contributed by atoms with Crippen molar-refractivity contribution < 1.29 is 14.3 Å². The van der Waals surface area contributed by atoms with Gasteiger partial charge in [0.1, 0.15) is 12.1 Å². The number of hydrogen-bond donors (Lipinski definition) is 1. The zero-order chi connectivity index (χ0) is 16.6. The fourth-order valence-corrected chi connectivity index (χ4v) is 2.35. The van der Waals surface area contributed by atoms with Crippen molar-refractivity contribution in [2.45, 2.75) is 0 Å². The van der Waals surface area contributed by atoms with E-state index in [0.29, 0.717) is 12.3 Å². The van der Waals surface area contributed by atoms with Gasteiger partial charge in [-0.3, -0.25) is 9.69 Å². The molecule has 0 unspecified atom stereocenters. The lowest BCUT2D eigenvalue weighted by molar-refractivity contribution is -0.123. The van der Waals surface area contributed by atoms with Crippen LogP contribution in [0, 0.1) is 0 Å². The first-order valence-corrected chi connectivity index (χ1v) is 7.84. The lowest BCUT2D eigenvalue weighted by Crippen LogP contribution is -2.42. The minimum atomic E-state index is -0.132. The summed E-state index contributed by atoms with van der Waals surface area (Å²) in [5.41, 5.74) is 0.822. The van der Waals surface area contributed by atoms with Crippen LogP contribution in [-0.2, 0) is 9.53 Å². The standard InChI is InChI=1S/C15H20N6O3/c22-15(16-5-6-20-7-9-23-10-8-20)11-24-14-3-1-13(2-4-14)21-12-17-18-19-21/h1-4,12H,5-11H2,(H,16,22). The smallest absolute Gasteiger partial charge is 0.257 e. The number of carbonyl (C=O) groups is 1. The van der Waals surface area contributed by atoms with Crippen molar-refractivity contribution in [1.29, 1.82) is 0 Å². The molecular formula is C15H20N6O3. The molecule has 1 aliphatic rings. The molecule has 9 heteroatoms. The van der Waals surface area contributed by atoms with Gasteiger partial charge >= 0.3 is 0 Å². The first-order valence-electron chi connectivity index (χ1n) is 7.84. The molecule has 3 rings (SSSR count). The Morgan fingerprint density at radius 2 is 2.04 bits per heavy atom. The van der Waals surface area contributed by atoms with Gasteiger partial charge in [0.2, 0.25) is 0 Å². The van der Waals surface area contributed by atoms with Crippen LogP contribution >= 0.6 is 0 Å². The van der Waals surface area contributed by atoms with Crippen LogP contribution in [0.15, 0.2) is 30.6 Å². The molecule has 2 aromatic rings. The summed E-state index contributed by atoms with van der Waals surface area (Å²) in [6, 6.07) is 7.19. The van der Waals surface area contributed by atoms with Crippen LogP contribution in [0.4, 0.5) is 0 Å². The third-order valence-electron chi connectivity index (χ3n) is 3.67. The average molecular weight is 332 g/mol. The summed E-state index contributed by atoms with van der Waals surface area (Å²) < 4.78 is 12.3. The molecule has 9 nitrogen and oxygen atoms in total. The molecular weight excluding hydrogens is 312 g/mol. The number of aromatic nitrogens is 4. The second kappa shape index (κ2) is 8.37. The monoisotopic (exact) mass is 332 g/mol. The Morgan fingerprint density at radius 1 is 1.25 bits per heavy atom. The van der Waals surface area contributed by atoms with Crippen LogP contribution in [-0.4, -0.2) is 77.0 Å². The largest absolute Gasteiger partial charge is 0.484 e. The highest BCUT2D eigenvalue weighted by Crippen LogP contribution is 2.13. The Morgan fingerprint density at radius 3 is 2.75 bits per heavy atom. The van der Waals surface area contributed by atoms with Crippen LogP contribution in [0.5, 0.6) is 5.75 Å². The lowest BCUT2D eigenvalue weighted by atomic mass is 10.3. The number of nitrogens with one attached hydrogen (secondary N) is 1. The Kier molecular flexibility index (Phi) is 5.70. The number of rotatable bonds is 7. The predicted molar refractivity (Wildman–Crippen MR) is 84.9 cm³/mol. The van der Waals surface area contributed by atoms with Gasteiger partial charge in [-0.2, -0.15) is 0 Å². The van der Waals surface area contributed by atoms with Crippen molar-refractivity contribution in [3.8, 4) is 11.4 Å². The molecule has 1 saturated heterocycles. The van der Waals surface area contributed by atoms with Crippen molar-refractivity contribution in [3.05, 3.63) is 30.6 Å². The highest BCUT2D eigenvalue weighted by atomic mass is 16.5. The third-order valence-corrected chi connectivity index (χ3v) is 3.67. The molecule has 0 saturated carbocycles. The molecule has 0 radical (unpaired) electrons. The van der Waals surface area contributed by atoms with E-state index in [1.807, 2.05) is 12.1 Å². The van der Waals surface area contributed by atoms with E-state index in [1.165, 1.54) is 6.33 Å². The van der Waals surface area contributed by atoms with Gasteiger partial charge in [-0.25, -0.2) is 4.68 Å². The summed E-state index contributed by atoms with van der Waals surface area (Å²) in [4.78, 5) is 14.1. The SMILES string of the molecule is O=C(COc1ccc(-n2cnnn2)cc1)NCCN1CCOCC1. The third kappa shape index (κ3) is 4.74. The van der Waals surface area contributed by atoms with Crippen molar-refractivity contribution in [2.24, 2.45) is 0 Å². The van der Waals surface area contributed by atoms with Crippen molar-refractivity contribution >= 4 is 5.91 Å². The normalized spacial score (nSPS) is 15.2. The summed E-state index contributed by atoms with van der Waals surface area (Å²) in [5, 5.41) is 13.8. The number of amides is 1. The topological polar surface area (TPSA) is 94.4 Å². The Labute approximate surface area is 139 Å². The molecule has 1 aromatic heterocycles. The summed E-state index contributed by atoms with van der Waals surface area (Å²) in [6.07, 6.45) is 1.51. The predicted octanol–water partition coefficient (Wildman–Crippen LogP) is -0.510. The van der Waals surface area contributed by atoms with E-state index in [1.54, 1.807) is 16.8 Å². The maximum absolute atomic E-state index is 11.8. The van der Waals surface area contributed by atoms with Gasteiger partial charge in [0.05, 0.1) is 18.9 Å². The van der Waals surface area contributed by atoms with Gasteiger partial charge in [0.25, 0.3) is 5.91 Å². The van der Waals surface area contributed by atoms with Crippen LogP contribution in [0.25, 0.3) is 5.69 Å². The minimum absolute atomic E-state index is 0.00661. The molecule has 1 amide bonds. The molecule has 0 aliphatic carbocycles. The fraction of sp³-hybridized carbons (Fsp3) is 0.467. The zero-order valence-electron chi connectivity index (χ0n) is 13.3. The highest BCUT2D eigenvalue weighted by molar-refractivity contribution is 5.77. The first-order chi connectivity index (χ1) is 11.8. The maximum atomic E-state index is 11.8. The van der Waals surface area contributed by atoms with Crippen LogP contribution in [0.1, 0.15) is 0 Å². The van der Waals surface area contributed by atoms with E-state index < -0.39 is 0 Å². The van der Waals surface area contributed by atoms with Crippen molar-refractivity contribution in [3.63, 3.8) is 0 Å². The van der Waals surface area contributed by atoms with E-state index in [9.17, 15) is 4.79 Å². The van der Waals surface area contributed by atoms with Crippen molar-refractivity contribution in [2.75, 3.05) is 46.0 Å². The summed E-state index contributed by atoms with van der Waals surface area (Å²) in [6.45, 7) is 4.79. The van der Waals surface area contributed by atoms with Crippen molar-refractivity contribution in [1.82, 2.24) is 30.4 Å². The quantitative estimate of drug-likeness (QED) is 0.730. The molecule has 1 aromatic carbocycles. The number of morpholine rings is 1. The van der Waals surface area contributed by atoms with E-state index in [2.05, 4.69) is 25.7 Å². The molecule has 24 heavy (non-hydrogen) atoms. The molecule has 0 spiro atoms. The molecule has 1 aliphatic heterocycles. The number of hydrogen-bond acceptors (Lipinski definition) is 7. The van der Waals surface area contributed by atoms with Gasteiger partial charge < -0.3 is 14.8 Å². The second-order valence-electron chi connectivity index (χ2n) is 5.34. The van der Waals surface area contributed by atoms with E-state index in [0.717, 1.165) is 38.5 Å². The van der Waals surface area contributed by atoms with Crippen LogP contribution < -0.4 is 10.1 Å². The number of tetrazole rings is 1. The molecule has 0 atom stereocenters. The Hall–Kier alpha value is -2.52. The second-order valence-corrected chi connectivity index (χ2v) is 5.34. The summed E-state index contributed by atoms with van der Waals surface area (Å²) >= 11 is 0. The zero-order valence-corrected chi connectivity index (χ0v) is 13.3. The van der Waals surface area contributed by atoms with Crippen LogP contribution in [0.2, 0.25) is 0 Å².